The van der Waals surface area contributed by atoms with E-state index in [1.807, 2.05) is 0 Å². The van der Waals surface area contributed by atoms with Crippen LogP contribution in [0.1, 0.15) is 146 Å². The molecule has 29 heteroatoms. The van der Waals surface area contributed by atoms with E-state index in [2.05, 4.69) is 47.9 Å². The van der Waals surface area contributed by atoms with E-state index in [4.69, 9.17) is 22.3 Å². The molecule has 0 aliphatic heterocycles. The Morgan fingerprint density at radius 3 is 1.20 bits per heavy atom. The predicted octanol–water partition coefficient (Wildman–Crippen LogP) is -2.67. The molecule has 0 fully saturated rings. The quantitative estimate of drug-likeness (QED) is 0.0278. The van der Waals surface area contributed by atoms with Gasteiger partial charge in [-0.1, -0.05) is 82.1 Å². The van der Waals surface area contributed by atoms with Crippen molar-refractivity contribution in [2.24, 2.45) is 46.8 Å². The van der Waals surface area contributed by atoms with Crippen molar-refractivity contribution >= 4 is 77.0 Å². The number of unbranched alkanes of at least 4 members (excludes halogenated alkanes) is 1. The van der Waals surface area contributed by atoms with Crippen LogP contribution in [0.15, 0.2) is 0 Å². The standard InChI is InChI=1S/C52H92N12O17/c1-11-28(9)41(63-43(71)30(54)16-18-38(67)68)50(78)57-32(17-19-39(69)70)44(72)56-31(15-13-14-20-53)45(73)62-40(27(7)8)49(77)58-34(22-26(5)6)47(75)61-36(24-65)48(76)64-42(29(10)12-2)51(79)59-33(21-25(3)4)46(74)60-35(52(80)81)23-37(55)66/h25-36,40-42,65H,11-24,53-54H2,1-10H3,(H2,55,66)(H,56,72)(H,57,78)(H,58,77)(H,59,79)(H,60,74)(H,61,75)(H,62,73)(H,63,71)(H,64,76)(H,67,68)(H,69,70)(H,80,81)/t28-,29-,30-,31-,32-,33-,34-,35-,36-,40-,41-,42-/m0/s1. The maximum atomic E-state index is 14.2. The molecule has 0 radical (unpaired) electrons. The van der Waals surface area contributed by atoms with Crippen LogP contribution < -0.4 is 65.1 Å². The highest BCUT2D eigenvalue weighted by Gasteiger charge is 2.38. The second kappa shape index (κ2) is 37.8. The summed E-state index contributed by atoms with van der Waals surface area (Å²) in [5.74, 6) is -15.7. The van der Waals surface area contributed by atoms with E-state index in [1.165, 1.54) is 0 Å². The van der Waals surface area contributed by atoms with Crippen molar-refractivity contribution in [2.45, 2.75) is 207 Å². The van der Waals surface area contributed by atoms with Crippen LogP contribution in [-0.2, 0) is 62.3 Å². The molecule has 10 amide bonds. The second-order valence-corrected chi connectivity index (χ2v) is 21.5. The molecule has 0 aliphatic carbocycles. The molecule has 0 bridgehead atoms. The zero-order valence-electron chi connectivity index (χ0n) is 48.4. The average molecular weight is 1160 g/mol. The van der Waals surface area contributed by atoms with Crippen molar-refractivity contribution in [2.75, 3.05) is 13.2 Å². The molecule has 12 atom stereocenters. The molecule has 0 aliphatic rings. The molecule has 0 spiro atoms. The van der Waals surface area contributed by atoms with Crippen LogP contribution in [0.4, 0.5) is 0 Å². The third-order valence-electron chi connectivity index (χ3n) is 13.2. The first-order chi connectivity index (χ1) is 37.7. The molecule has 0 aromatic heterocycles. The minimum atomic E-state index is -1.71. The van der Waals surface area contributed by atoms with Crippen LogP contribution in [0.25, 0.3) is 0 Å². The lowest BCUT2D eigenvalue weighted by molar-refractivity contribution is -0.144. The lowest BCUT2D eigenvalue weighted by Gasteiger charge is -2.30. The van der Waals surface area contributed by atoms with Crippen molar-refractivity contribution in [1.82, 2.24) is 47.9 Å². The summed E-state index contributed by atoms with van der Waals surface area (Å²) in [6, 6.07) is -14.5. The SMILES string of the molecule is CC[C@H](C)[C@H](NC(=O)[C@H](CO)NC(=O)[C@H](CC(C)C)NC(=O)[C@@H](NC(=O)[C@H](CCCCN)NC(=O)[C@H](CCC(=O)O)NC(=O)[C@@H](NC(=O)[C@@H](N)CCC(=O)O)[C@@H](C)CC)C(C)C)C(=O)N[C@@H](CC(C)C)C(=O)N[C@@H](CC(N)=O)C(=O)O. The molecule has 19 N–H and O–H groups in total. The number of hydrogen-bond donors (Lipinski definition) is 16. The molecule has 81 heavy (non-hydrogen) atoms. The van der Waals surface area contributed by atoms with Gasteiger partial charge in [0.15, 0.2) is 0 Å². The van der Waals surface area contributed by atoms with E-state index in [9.17, 15) is 77.6 Å². The van der Waals surface area contributed by atoms with E-state index < -0.39 is 187 Å². The number of nitrogens with two attached hydrogens (primary N) is 3. The second-order valence-electron chi connectivity index (χ2n) is 21.5. The normalized spacial score (nSPS) is 15.8. The molecule has 0 aromatic carbocycles. The van der Waals surface area contributed by atoms with Crippen molar-refractivity contribution < 1.29 is 82.8 Å². The number of carboxylic acid groups (broad SMARTS) is 3. The zero-order chi connectivity index (χ0) is 62.4. The maximum Gasteiger partial charge on any atom is 0.326 e. The van der Waals surface area contributed by atoms with Crippen LogP contribution in [-0.4, -0.2) is 171 Å². The van der Waals surface area contributed by atoms with E-state index in [1.54, 1.807) is 69.2 Å². The number of nitrogens with one attached hydrogen (secondary N) is 9. The third kappa shape index (κ3) is 28.3. The van der Waals surface area contributed by atoms with Gasteiger partial charge in [0.2, 0.25) is 59.1 Å². The molecule has 0 heterocycles. The summed E-state index contributed by atoms with van der Waals surface area (Å²) in [5, 5.41) is 60.9. The molecular formula is C52H92N12O17. The molecular weight excluding hydrogens is 1060 g/mol. The van der Waals surface area contributed by atoms with Crippen LogP contribution in [0.3, 0.4) is 0 Å². The number of carbonyl (C=O) groups is 13. The van der Waals surface area contributed by atoms with Gasteiger partial charge < -0.3 is 85.5 Å². The number of aliphatic hydroxyl groups is 1. The number of aliphatic carboxylic acids is 3. The van der Waals surface area contributed by atoms with Gasteiger partial charge in [-0.2, -0.15) is 0 Å². The Morgan fingerprint density at radius 1 is 0.432 bits per heavy atom. The fraction of sp³-hybridized carbons (Fsp3) is 0.750. The lowest BCUT2D eigenvalue weighted by Crippen LogP contribution is -2.62. The average Bonchev–Trinajstić information content (AvgIpc) is 3.41. The first-order valence-electron chi connectivity index (χ1n) is 27.5. The van der Waals surface area contributed by atoms with E-state index >= 15 is 0 Å². The monoisotopic (exact) mass is 1160 g/mol. The number of aliphatic hydroxyl groups excluding tert-OH is 1. The minimum Gasteiger partial charge on any atom is -0.481 e. The van der Waals surface area contributed by atoms with E-state index in [0.29, 0.717) is 19.3 Å². The van der Waals surface area contributed by atoms with Crippen LogP contribution in [0, 0.1) is 29.6 Å². The first-order valence-corrected chi connectivity index (χ1v) is 27.5. The molecule has 0 unspecified atom stereocenters. The molecule has 0 rings (SSSR count). The van der Waals surface area contributed by atoms with Gasteiger partial charge in [0, 0.05) is 12.8 Å². The summed E-state index contributed by atoms with van der Waals surface area (Å²) in [7, 11) is 0. The molecule has 0 aromatic rings. The van der Waals surface area contributed by atoms with Gasteiger partial charge in [-0.15, -0.1) is 0 Å². The number of carbonyl (C=O) groups excluding carboxylic acids is 10. The number of carboxylic acids is 3. The van der Waals surface area contributed by atoms with Crippen molar-refractivity contribution in [3.63, 3.8) is 0 Å². The van der Waals surface area contributed by atoms with Gasteiger partial charge in [-0.05, 0) is 81.1 Å². The molecule has 29 nitrogen and oxygen atoms in total. The van der Waals surface area contributed by atoms with Gasteiger partial charge >= 0.3 is 17.9 Å². The third-order valence-corrected chi connectivity index (χ3v) is 13.2. The van der Waals surface area contributed by atoms with Gasteiger partial charge in [0.25, 0.3) is 0 Å². The van der Waals surface area contributed by atoms with Gasteiger partial charge in [-0.25, -0.2) is 4.79 Å². The Bertz CT molecular complexity index is 2150. The van der Waals surface area contributed by atoms with E-state index in [-0.39, 0.29) is 50.5 Å². The number of rotatable bonds is 41. The maximum absolute atomic E-state index is 14.2. The fourth-order valence-electron chi connectivity index (χ4n) is 8.02. The van der Waals surface area contributed by atoms with Crippen molar-refractivity contribution in [1.29, 1.82) is 0 Å². The molecule has 462 valence electrons. The predicted molar refractivity (Wildman–Crippen MR) is 293 cm³/mol. The summed E-state index contributed by atoms with van der Waals surface area (Å²) < 4.78 is 0. The van der Waals surface area contributed by atoms with Crippen LogP contribution in [0.5, 0.6) is 0 Å². The molecule has 0 saturated carbocycles. The van der Waals surface area contributed by atoms with Gasteiger partial charge in [0.05, 0.1) is 19.1 Å². The smallest absolute Gasteiger partial charge is 0.326 e. The minimum absolute atomic E-state index is 0.00689. The summed E-state index contributed by atoms with van der Waals surface area (Å²) >= 11 is 0. The summed E-state index contributed by atoms with van der Waals surface area (Å²) in [6.07, 6.45) is -1.27. The Balaban J connectivity index is 6.69. The summed E-state index contributed by atoms with van der Waals surface area (Å²) in [6.45, 7) is 15.9. The lowest BCUT2D eigenvalue weighted by atomic mass is 9.96. The highest BCUT2D eigenvalue weighted by atomic mass is 16.4. The zero-order valence-corrected chi connectivity index (χ0v) is 48.4. The Labute approximate surface area is 473 Å². The first kappa shape index (κ1) is 74.0. The number of amides is 10. The number of hydrogen-bond acceptors (Lipinski definition) is 16. The van der Waals surface area contributed by atoms with Gasteiger partial charge in [-0.3, -0.25) is 57.5 Å². The molecule has 0 saturated heterocycles. The fourth-order valence-corrected chi connectivity index (χ4v) is 8.02. The largest absolute Gasteiger partial charge is 0.481 e. The van der Waals surface area contributed by atoms with E-state index in [0.717, 1.165) is 0 Å². The Kier molecular flexibility index (Phi) is 34.6. The summed E-state index contributed by atoms with van der Waals surface area (Å²) in [5.41, 5.74) is 16.7. The Hall–Kier alpha value is -7.01. The highest BCUT2D eigenvalue weighted by molar-refractivity contribution is 5.99. The Morgan fingerprint density at radius 2 is 0.790 bits per heavy atom. The van der Waals surface area contributed by atoms with Crippen LogP contribution >= 0.6 is 0 Å². The van der Waals surface area contributed by atoms with Crippen LogP contribution in [0.2, 0.25) is 0 Å². The van der Waals surface area contributed by atoms with Crippen molar-refractivity contribution in [3.05, 3.63) is 0 Å². The van der Waals surface area contributed by atoms with Gasteiger partial charge in [0.1, 0.15) is 54.4 Å². The summed E-state index contributed by atoms with van der Waals surface area (Å²) in [4.78, 5) is 170. The van der Waals surface area contributed by atoms with Crippen molar-refractivity contribution in [3.8, 4) is 0 Å². The topological polar surface area (TPSA) is 489 Å². The highest BCUT2D eigenvalue weighted by Crippen LogP contribution is 2.15. The number of primary amides is 1.